The summed E-state index contributed by atoms with van der Waals surface area (Å²) in [5, 5.41) is 48.6. The quantitative estimate of drug-likeness (QED) is 0.307. The van der Waals surface area contributed by atoms with Crippen molar-refractivity contribution in [1.29, 1.82) is 0 Å². The van der Waals surface area contributed by atoms with Crippen molar-refractivity contribution < 1.29 is 25.5 Å². The van der Waals surface area contributed by atoms with E-state index >= 15 is 0 Å². The molecular formula is C18H25N3O5. The average Bonchev–Trinajstić information content (AvgIpc) is 2.65. The van der Waals surface area contributed by atoms with Gasteiger partial charge in [0.15, 0.2) is 0 Å². The van der Waals surface area contributed by atoms with Gasteiger partial charge in [0.25, 0.3) is 0 Å². The summed E-state index contributed by atoms with van der Waals surface area (Å²) in [6, 6.07) is 13.8. The van der Waals surface area contributed by atoms with Gasteiger partial charge >= 0.3 is 0 Å². The van der Waals surface area contributed by atoms with Gasteiger partial charge in [0.1, 0.15) is 24.4 Å². The normalized spacial score (nSPS) is 15.9. The number of anilines is 4. The van der Waals surface area contributed by atoms with Crippen molar-refractivity contribution in [2.75, 3.05) is 29.5 Å². The van der Waals surface area contributed by atoms with E-state index in [-0.39, 0.29) is 6.54 Å². The van der Waals surface area contributed by atoms with Crippen LogP contribution >= 0.6 is 0 Å². The van der Waals surface area contributed by atoms with Gasteiger partial charge in [0, 0.05) is 22.7 Å². The molecule has 0 fully saturated rings. The van der Waals surface area contributed by atoms with Gasteiger partial charge in [-0.3, -0.25) is 0 Å². The van der Waals surface area contributed by atoms with Gasteiger partial charge in [-0.15, -0.1) is 0 Å². The summed E-state index contributed by atoms with van der Waals surface area (Å²) in [4.78, 5) is 1.71. The van der Waals surface area contributed by atoms with Gasteiger partial charge in [-0.2, -0.15) is 0 Å². The summed E-state index contributed by atoms with van der Waals surface area (Å²) in [5.74, 6) is 0. The fourth-order valence-corrected chi connectivity index (χ4v) is 2.53. The molecule has 4 unspecified atom stereocenters. The van der Waals surface area contributed by atoms with E-state index in [1.54, 1.807) is 53.4 Å². The Bertz CT molecular complexity index is 635. The minimum Gasteiger partial charge on any atom is -0.399 e. The van der Waals surface area contributed by atoms with E-state index in [4.69, 9.17) is 16.6 Å². The Labute approximate surface area is 151 Å². The Morgan fingerprint density at radius 3 is 1.46 bits per heavy atom. The highest BCUT2D eigenvalue weighted by Gasteiger charge is 2.31. The zero-order chi connectivity index (χ0) is 19.3. The third kappa shape index (κ3) is 4.84. The maximum Gasteiger partial charge on any atom is 0.111 e. The van der Waals surface area contributed by atoms with Crippen LogP contribution in [0.3, 0.4) is 0 Å². The van der Waals surface area contributed by atoms with Gasteiger partial charge in [-0.05, 0) is 48.5 Å². The summed E-state index contributed by atoms with van der Waals surface area (Å²) in [6.45, 7) is -0.811. The molecule has 9 N–H and O–H groups in total. The third-order valence-electron chi connectivity index (χ3n) is 4.10. The summed E-state index contributed by atoms with van der Waals surface area (Å²) >= 11 is 0. The van der Waals surface area contributed by atoms with Crippen LogP contribution in [-0.4, -0.2) is 63.1 Å². The van der Waals surface area contributed by atoms with Crippen LogP contribution in [0.15, 0.2) is 48.5 Å². The highest BCUT2D eigenvalue weighted by atomic mass is 16.4. The molecule has 0 bridgehead atoms. The van der Waals surface area contributed by atoms with Crippen molar-refractivity contribution in [3.8, 4) is 0 Å². The van der Waals surface area contributed by atoms with E-state index in [2.05, 4.69) is 0 Å². The number of nitrogens with two attached hydrogens (primary N) is 2. The van der Waals surface area contributed by atoms with Crippen LogP contribution < -0.4 is 16.4 Å². The van der Waals surface area contributed by atoms with Crippen molar-refractivity contribution >= 4 is 22.7 Å². The van der Waals surface area contributed by atoms with E-state index in [0.717, 1.165) is 0 Å². The van der Waals surface area contributed by atoms with Crippen LogP contribution in [0.5, 0.6) is 0 Å². The van der Waals surface area contributed by atoms with Gasteiger partial charge in [-0.25, -0.2) is 0 Å². The number of rotatable bonds is 8. The first kappa shape index (κ1) is 20.0. The molecule has 2 aromatic rings. The molecule has 0 heterocycles. The molecule has 4 atom stereocenters. The summed E-state index contributed by atoms with van der Waals surface area (Å²) in [6.07, 6.45) is -6.29. The van der Waals surface area contributed by atoms with Crippen LogP contribution in [0.2, 0.25) is 0 Å². The lowest BCUT2D eigenvalue weighted by Gasteiger charge is -2.32. The molecule has 0 aliphatic carbocycles. The molecule has 0 amide bonds. The summed E-state index contributed by atoms with van der Waals surface area (Å²) < 4.78 is 0. The van der Waals surface area contributed by atoms with Gasteiger partial charge in [-0.1, -0.05) is 0 Å². The molecule has 0 saturated carbocycles. The first-order valence-corrected chi connectivity index (χ1v) is 8.15. The average molecular weight is 363 g/mol. The molecule has 2 rings (SSSR count). The highest BCUT2D eigenvalue weighted by molar-refractivity contribution is 5.66. The molecule has 0 aromatic heterocycles. The second-order valence-electron chi connectivity index (χ2n) is 6.09. The second kappa shape index (κ2) is 8.84. The lowest BCUT2D eigenvalue weighted by molar-refractivity contribution is -0.112. The molecule has 0 spiro atoms. The number of nitrogen functional groups attached to an aromatic ring is 2. The Hall–Kier alpha value is -2.36. The van der Waals surface area contributed by atoms with Crippen LogP contribution in [0.1, 0.15) is 0 Å². The van der Waals surface area contributed by atoms with E-state index in [1.807, 2.05) is 0 Å². The summed E-state index contributed by atoms with van der Waals surface area (Å²) in [7, 11) is 0. The van der Waals surface area contributed by atoms with Crippen molar-refractivity contribution in [2.45, 2.75) is 24.4 Å². The molecule has 8 heteroatoms. The van der Waals surface area contributed by atoms with Crippen LogP contribution in [0, 0.1) is 0 Å². The van der Waals surface area contributed by atoms with E-state index < -0.39 is 31.0 Å². The first-order valence-electron chi connectivity index (χ1n) is 8.15. The Kier molecular flexibility index (Phi) is 6.78. The minimum atomic E-state index is -1.69. The number of benzene rings is 2. The zero-order valence-electron chi connectivity index (χ0n) is 14.2. The van der Waals surface area contributed by atoms with Crippen molar-refractivity contribution in [2.24, 2.45) is 0 Å². The maximum atomic E-state index is 10.3. The molecule has 0 aliphatic rings. The van der Waals surface area contributed by atoms with E-state index in [0.29, 0.717) is 22.7 Å². The lowest BCUT2D eigenvalue weighted by atomic mass is 10.0. The predicted octanol–water partition coefficient (Wildman–Crippen LogP) is -0.575. The molecule has 26 heavy (non-hydrogen) atoms. The van der Waals surface area contributed by atoms with Crippen molar-refractivity contribution in [3.05, 3.63) is 48.5 Å². The first-order chi connectivity index (χ1) is 12.3. The topological polar surface area (TPSA) is 156 Å². The molecule has 8 nitrogen and oxygen atoms in total. The number of nitrogens with zero attached hydrogens (tertiary/aromatic N) is 1. The summed E-state index contributed by atoms with van der Waals surface area (Å²) in [5.41, 5.74) is 14.0. The zero-order valence-corrected chi connectivity index (χ0v) is 14.2. The smallest absolute Gasteiger partial charge is 0.111 e. The van der Waals surface area contributed by atoms with Crippen molar-refractivity contribution in [3.63, 3.8) is 0 Å². The standard InChI is InChI=1S/C18H25N3O5/c19-11-1-5-13(6-2-11)21(14-7-3-12(20)4-8-14)9-15(23)17(25)18(26)16(24)10-22/h1-8,15-18,22-26H,9-10,19-20H2. The van der Waals surface area contributed by atoms with Gasteiger partial charge in [0.05, 0.1) is 13.2 Å². The molecule has 2 aromatic carbocycles. The number of hydrogen-bond acceptors (Lipinski definition) is 8. The molecule has 0 radical (unpaired) electrons. The maximum absolute atomic E-state index is 10.3. The lowest BCUT2D eigenvalue weighted by Crippen LogP contribution is -2.49. The molecular weight excluding hydrogens is 338 g/mol. The fourth-order valence-electron chi connectivity index (χ4n) is 2.53. The largest absolute Gasteiger partial charge is 0.399 e. The fraction of sp³-hybridized carbons (Fsp3) is 0.333. The van der Waals surface area contributed by atoms with Crippen molar-refractivity contribution in [1.82, 2.24) is 0 Å². The Morgan fingerprint density at radius 1 is 0.692 bits per heavy atom. The van der Waals surface area contributed by atoms with Gasteiger partial charge < -0.3 is 41.9 Å². The predicted molar refractivity (Wildman–Crippen MR) is 99.8 cm³/mol. The minimum absolute atomic E-state index is 0.0792. The monoisotopic (exact) mass is 363 g/mol. The van der Waals surface area contributed by atoms with E-state index in [9.17, 15) is 20.4 Å². The van der Waals surface area contributed by atoms with Crippen LogP contribution in [-0.2, 0) is 0 Å². The molecule has 0 aliphatic heterocycles. The molecule has 0 saturated heterocycles. The van der Waals surface area contributed by atoms with E-state index in [1.165, 1.54) is 0 Å². The molecule has 142 valence electrons. The number of aliphatic hydroxyl groups excluding tert-OH is 5. The highest BCUT2D eigenvalue weighted by Crippen LogP contribution is 2.27. The van der Waals surface area contributed by atoms with Gasteiger partial charge in [0.2, 0.25) is 0 Å². The SMILES string of the molecule is Nc1ccc(N(CC(O)C(O)C(O)C(O)CO)c2ccc(N)cc2)cc1. The number of hydrogen-bond donors (Lipinski definition) is 7. The van der Waals surface area contributed by atoms with Crippen LogP contribution in [0.4, 0.5) is 22.7 Å². The Morgan fingerprint density at radius 2 is 1.08 bits per heavy atom. The number of aliphatic hydroxyl groups is 5. The van der Waals surface area contributed by atoms with Crippen LogP contribution in [0.25, 0.3) is 0 Å². The Balaban J connectivity index is 2.26. The third-order valence-corrected chi connectivity index (χ3v) is 4.10. The second-order valence-corrected chi connectivity index (χ2v) is 6.09.